The van der Waals surface area contributed by atoms with Crippen molar-refractivity contribution in [3.8, 4) is 0 Å². The summed E-state index contributed by atoms with van der Waals surface area (Å²) in [6, 6.07) is 4.19. The van der Waals surface area contributed by atoms with Crippen molar-refractivity contribution in [2.45, 2.75) is 63.9 Å². The fourth-order valence-electron chi connectivity index (χ4n) is 3.48. The number of nitrogens with one attached hydrogen (secondary N) is 1. The van der Waals surface area contributed by atoms with E-state index in [4.69, 9.17) is 11.6 Å². The molecule has 1 N–H and O–H groups in total. The van der Waals surface area contributed by atoms with E-state index in [-0.39, 0.29) is 33.5 Å². The van der Waals surface area contributed by atoms with Gasteiger partial charge in [-0.25, -0.2) is 8.42 Å². The van der Waals surface area contributed by atoms with Crippen LogP contribution in [0.1, 0.15) is 57.3 Å². The molecule has 146 valence electrons. The molecule has 2 rings (SSSR count). The summed E-state index contributed by atoms with van der Waals surface area (Å²) in [5, 5.41) is 3.33. The number of rotatable bonds is 5. The predicted molar refractivity (Wildman–Crippen MR) is 105 cm³/mol. The van der Waals surface area contributed by atoms with E-state index in [1.807, 2.05) is 0 Å². The van der Waals surface area contributed by atoms with Gasteiger partial charge in [0.05, 0.1) is 15.5 Å². The van der Waals surface area contributed by atoms with E-state index in [2.05, 4.69) is 19.2 Å². The van der Waals surface area contributed by atoms with Crippen LogP contribution < -0.4 is 5.32 Å². The van der Waals surface area contributed by atoms with Gasteiger partial charge in [-0.15, -0.1) is 0 Å². The van der Waals surface area contributed by atoms with E-state index < -0.39 is 10.0 Å². The second-order valence-electron chi connectivity index (χ2n) is 7.64. The molecule has 0 spiro atoms. The molecule has 1 aromatic rings. The molecule has 26 heavy (non-hydrogen) atoms. The van der Waals surface area contributed by atoms with Crippen molar-refractivity contribution in [1.82, 2.24) is 9.62 Å². The highest BCUT2D eigenvalue weighted by atomic mass is 35.5. The van der Waals surface area contributed by atoms with Crippen LogP contribution in [0.15, 0.2) is 23.1 Å². The van der Waals surface area contributed by atoms with Gasteiger partial charge in [-0.3, -0.25) is 4.79 Å². The zero-order chi connectivity index (χ0) is 19.6. The third-order valence-electron chi connectivity index (χ3n) is 5.43. The second kappa shape index (κ2) is 8.28. The fraction of sp³-hybridized carbons (Fsp3) is 0.632. The predicted octanol–water partition coefficient (Wildman–Crippen LogP) is 3.92. The zero-order valence-corrected chi connectivity index (χ0v) is 17.7. The molecule has 1 saturated carbocycles. The van der Waals surface area contributed by atoms with E-state index in [1.54, 1.807) is 13.8 Å². The zero-order valence-electron chi connectivity index (χ0n) is 16.1. The molecule has 0 saturated heterocycles. The van der Waals surface area contributed by atoms with Crippen LogP contribution in [0.25, 0.3) is 0 Å². The molecule has 0 aliphatic heterocycles. The van der Waals surface area contributed by atoms with E-state index in [1.165, 1.54) is 36.0 Å². The average molecular weight is 401 g/mol. The summed E-state index contributed by atoms with van der Waals surface area (Å²) in [5.41, 5.74) is 0.204. The molecule has 1 aliphatic carbocycles. The summed E-state index contributed by atoms with van der Waals surface area (Å²) >= 11 is 6.20. The first-order valence-electron chi connectivity index (χ1n) is 9.14. The van der Waals surface area contributed by atoms with Crippen LogP contribution in [0, 0.1) is 11.8 Å². The number of carbonyl (C=O) groups is 1. The summed E-state index contributed by atoms with van der Waals surface area (Å²) in [6.07, 6.45) is 3.33. The van der Waals surface area contributed by atoms with Crippen LogP contribution in [0.3, 0.4) is 0 Å². The summed E-state index contributed by atoms with van der Waals surface area (Å²) in [6.45, 7) is 7.88. The number of hydrogen-bond donors (Lipinski definition) is 1. The lowest BCUT2D eigenvalue weighted by atomic mass is 9.78. The molecule has 0 aromatic heterocycles. The van der Waals surface area contributed by atoms with Crippen molar-refractivity contribution in [2.24, 2.45) is 11.8 Å². The molecule has 0 bridgehead atoms. The summed E-state index contributed by atoms with van der Waals surface area (Å²) in [5.74, 6) is 0.464. The summed E-state index contributed by atoms with van der Waals surface area (Å²) in [7, 11) is -2.14. The van der Waals surface area contributed by atoms with Crippen LogP contribution in [0.5, 0.6) is 0 Å². The van der Waals surface area contributed by atoms with Gasteiger partial charge in [-0.2, -0.15) is 4.31 Å². The average Bonchev–Trinajstić information content (AvgIpc) is 2.57. The monoisotopic (exact) mass is 400 g/mol. The van der Waals surface area contributed by atoms with Gasteiger partial charge in [0.25, 0.3) is 5.91 Å². The Morgan fingerprint density at radius 3 is 2.35 bits per heavy atom. The normalized spacial score (nSPS) is 24.1. The Labute approximate surface area is 162 Å². The van der Waals surface area contributed by atoms with E-state index in [0.29, 0.717) is 11.8 Å². The van der Waals surface area contributed by atoms with Crippen LogP contribution >= 0.6 is 11.6 Å². The number of nitrogens with zero attached hydrogens (tertiary/aromatic N) is 1. The van der Waals surface area contributed by atoms with Gasteiger partial charge in [0.15, 0.2) is 0 Å². The molecule has 5 nitrogen and oxygen atoms in total. The Bertz CT molecular complexity index is 754. The molecule has 0 heterocycles. The quantitative estimate of drug-likeness (QED) is 0.814. The number of amides is 1. The highest BCUT2D eigenvalue weighted by Gasteiger charge is 2.30. The Balaban J connectivity index is 2.31. The highest BCUT2D eigenvalue weighted by Crippen LogP contribution is 2.30. The first-order valence-corrected chi connectivity index (χ1v) is 11.0. The molecular weight excluding hydrogens is 372 g/mol. The standard InChI is InChI=1S/C19H29ClN2O3S/c1-12(2)22(5)26(24,25)15-9-10-17(20)16(11-15)19(23)21-18-13(3)7-6-8-14(18)4/h9-14,18H,6-8H2,1-5H3,(H,21,23). The lowest BCUT2D eigenvalue weighted by Gasteiger charge is -2.35. The number of halogens is 1. The second-order valence-corrected chi connectivity index (χ2v) is 10.0. The van der Waals surface area contributed by atoms with Gasteiger partial charge >= 0.3 is 0 Å². The third-order valence-corrected chi connectivity index (χ3v) is 7.79. The Hall–Kier alpha value is -1.11. The maximum Gasteiger partial charge on any atom is 0.253 e. The van der Waals surface area contributed by atoms with Crippen LogP contribution in [-0.4, -0.2) is 37.8 Å². The van der Waals surface area contributed by atoms with Crippen molar-refractivity contribution in [3.63, 3.8) is 0 Å². The third kappa shape index (κ3) is 4.41. The maximum atomic E-state index is 12.8. The Kier molecular flexibility index (Phi) is 6.75. The van der Waals surface area contributed by atoms with Gasteiger partial charge in [-0.05, 0) is 56.7 Å². The largest absolute Gasteiger partial charge is 0.349 e. The first-order chi connectivity index (χ1) is 12.1. The number of carbonyl (C=O) groups excluding carboxylic acids is 1. The van der Waals surface area contributed by atoms with Crippen molar-refractivity contribution in [2.75, 3.05) is 7.05 Å². The molecule has 1 fully saturated rings. The number of benzene rings is 1. The molecule has 1 amide bonds. The minimum Gasteiger partial charge on any atom is -0.349 e. The molecule has 2 unspecified atom stereocenters. The number of sulfonamides is 1. The smallest absolute Gasteiger partial charge is 0.253 e. The molecule has 1 aromatic carbocycles. The molecule has 0 radical (unpaired) electrons. The van der Waals surface area contributed by atoms with Gasteiger partial charge < -0.3 is 5.32 Å². The molecule has 7 heteroatoms. The van der Waals surface area contributed by atoms with Crippen LogP contribution in [0.2, 0.25) is 5.02 Å². The Morgan fingerprint density at radius 1 is 1.23 bits per heavy atom. The van der Waals surface area contributed by atoms with Gasteiger partial charge in [0.2, 0.25) is 10.0 Å². The van der Waals surface area contributed by atoms with E-state index in [0.717, 1.165) is 12.8 Å². The minimum absolute atomic E-state index is 0.0749. The Morgan fingerprint density at radius 2 is 1.81 bits per heavy atom. The minimum atomic E-state index is -3.67. The molecule has 2 atom stereocenters. The molecule has 1 aliphatic rings. The van der Waals surface area contributed by atoms with Crippen molar-refractivity contribution >= 4 is 27.5 Å². The fourth-order valence-corrected chi connectivity index (χ4v) is 5.08. The van der Waals surface area contributed by atoms with E-state index >= 15 is 0 Å². The van der Waals surface area contributed by atoms with Crippen molar-refractivity contribution < 1.29 is 13.2 Å². The van der Waals surface area contributed by atoms with E-state index in [9.17, 15) is 13.2 Å². The topological polar surface area (TPSA) is 66.5 Å². The summed E-state index contributed by atoms with van der Waals surface area (Å²) < 4.78 is 26.7. The van der Waals surface area contributed by atoms with Gasteiger partial charge in [-0.1, -0.05) is 31.9 Å². The van der Waals surface area contributed by atoms with Gasteiger partial charge in [0.1, 0.15) is 0 Å². The first kappa shape index (κ1) is 21.2. The SMILES string of the molecule is CC1CCCC(C)C1NC(=O)c1cc(S(=O)(=O)N(C)C(C)C)ccc1Cl. The number of hydrogen-bond acceptors (Lipinski definition) is 3. The lowest BCUT2D eigenvalue weighted by Crippen LogP contribution is -2.45. The lowest BCUT2D eigenvalue weighted by molar-refractivity contribution is 0.0880. The highest BCUT2D eigenvalue weighted by molar-refractivity contribution is 7.89. The van der Waals surface area contributed by atoms with Gasteiger partial charge in [0, 0.05) is 19.1 Å². The van der Waals surface area contributed by atoms with Crippen LogP contribution in [-0.2, 0) is 10.0 Å². The molecular formula is C19H29ClN2O3S. The van der Waals surface area contributed by atoms with Crippen LogP contribution in [0.4, 0.5) is 0 Å². The van der Waals surface area contributed by atoms with Crippen molar-refractivity contribution in [1.29, 1.82) is 0 Å². The maximum absolute atomic E-state index is 12.8. The summed E-state index contributed by atoms with van der Waals surface area (Å²) in [4.78, 5) is 12.9. The van der Waals surface area contributed by atoms with Crippen molar-refractivity contribution in [3.05, 3.63) is 28.8 Å².